The van der Waals surface area contributed by atoms with Gasteiger partial charge in [0.15, 0.2) is 0 Å². The molecule has 8 heteroatoms. The van der Waals surface area contributed by atoms with E-state index in [4.69, 9.17) is 10.1 Å². The van der Waals surface area contributed by atoms with Crippen LogP contribution in [0.5, 0.6) is 0 Å². The monoisotopic (exact) mass is 364 g/mol. The van der Waals surface area contributed by atoms with Crippen molar-refractivity contribution in [3.05, 3.63) is 11.3 Å². The van der Waals surface area contributed by atoms with E-state index >= 15 is 0 Å². The first kappa shape index (κ1) is 16.2. The van der Waals surface area contributed by atoms with Crippen molar-refractivity contribution in [1.29, 1.82) is 0 Å². The molecule has 6 nitrogen and oxygen atoms in total. The van der Waals surface area contributed by atoms with Gasteiger partial charge < -0.3 is 14.9 Å². The van der Waals surface area contributed by atoms with Crippen LogP contribution < -0.4 is 9.80 Å². The molecule has 0 spiro atoms. The minimum Gasteiger partial charge on any atom is -0.481 e. The maximum atomic E-state index is 14.4. The molecule has 2 aliphatic carbocycles. The number of aromatic nitrogens is 2. The lowest BCUT2D eigenvalue weighted by atomic mass is 10.0. The van der Waals surface area contributed by atoms with Crippen LogP contribution in [-0.2, 0) is 17.1 Å². The topological polar surface area (TPSA) is 69.6 Å². The number of carbonyl (C=O) groups is 1. The second-order valence-corrected chi connectivity index (χ2v) is 8.20. The Hall–Kier alpha value is -1.99. The lowest BCUT2D eigenvalue weighted by Crippen LogP contribution is -2.47. The van der Waals surface area contributed by atoms with E-state index in [1.807, 2.05) is 4.90 Å². The van der Waals surface area contributed by atoms with Crippen molar-refractivity contribution in [2.24, 2.45) is 17.8 Å². The Bertz CT molecular complexity index is 775. The Labute approximate surface area is 150 Å². The highest BCUT2D eigenvalue weighted by atomic mass is 19.3. The van der Waals surface area contributed by atoms with Gasteiger partial charge in [-0.1, -0.05) is 0 Å². The first-order valence-corrected chi connectivity index (χ1v) is 9.38. The molecule has 140 valence electrons. The van der Waals surface area contributed by atoms with Gasteiger partial charge in [0.05, 0.1) is 0 Å². The number of aliphatic carboxylic acids is 1. The van der Waals surface area contributed by atoms with Gasteiger partial charge in [-0.25, -0.2) is 4.98 Å². The van der Waals surface area contributed by atoms with Crippen LogP contribution in [0.15, 0.2) is 0 Å². The predicted molar refractivity (Wildman–Crippen MR) is 90.6 cm³/mol. The molecule has 1 aromatic heterocycles. The van der Waals surface area contributed by atoms with E-state index in [0.29, 0.717) is 54.7 Å². The van der Waals surface area contributed by atoms with Gasteiger partial charge in [-0.15, -0.1) is 0 Å². The summed E-state index contributed by atoms with van der Waals surface area (Å²) in [5, 5.41) is 8.95. The number of anilines is 2. The molecule has 3 heterocycles. The number of piperidine rings is 1. The summed E-state index contributed by atoms with van der Waals surface area (Å²) in [4.78, 5) is 23.9. The lowest BCUT2D eigenvalue weighted by Gasteiger charge is -2.41. The van der Waals surface area contributed by atoms with Crippen LogP contribution in [0.2, 0.25) is 0 Å². The summed E-state index contributed by atoms with van der Waals surface area (Å²) in [7, 11) is 0. The molecular formula is C18H22F2N4O2. The van der Waals surface area contributed by atoms with Crippen LogP contribution in [0.25, 0.3) is 0 Å². The number of carboxylic acid groups (broad SMARTS) is 1. The Kier molecular flexibility index (Phi) is 3.28. The van der Waals surface area contributed by atoms with Crippen molar-refractivity contribution in [2.45, 2.75) is 44.6 Å². The van der Waals surface area contributed by atoms with Crippen molar-refractivity contribution < 1.29 is 18.7 Å². The highest BCUT2D eigenvalue weighted by Gasteiger charge is 2.57. The van der Waals surface area contributed by atoms with Crippen LogP contribution in [0, 0.1) is 17.8 Å². The quantitative estimate of drug-likeness (QED) is 0.884. The summed E-state index contributed by atoms with van der Waals surface area (Å²) < 4.78 is 28.7. The summed E-state index contributed by atoms with van der Waals surface area (Å²) in [6, 6.07) is 0.322. The summed E-state index contributed by atoms with van der Waals surface area (Å²) in [6.45, 7) is 4.28. The molecule has 1 N–H and O–H groups in total. The number of carboxylic acids is 1. The molecule has 0 aromatic carbocycles. The first-order chi connectivity index (χ1) is 12.3. The van der Waals surface area contributed by atoms with Gasteiger partial charge in [0, 0.05) is 44.1 Å². The van der Waals surface area contributed by atoms with Gasteiger partial charge in [-0.3, -0.25) is 4.79 Å². The number of rotatable bonds is 4. The number of halogens is 2. The number of fused-ring (bicyclic) bond motifs is 2. The van der Waals surface area contributed by atoms with E-state index in [1.165, 1.54) is 0 Å². The van der Waals surface area contributed by atoms with Crippen molar-refractivity contribution in [3.8, 4) is 0 Å². The van der Waals surface area contributed by atoms with Crippen molar-refractivity contribution in [1.82, 2.24) is 9.97 Å². The molecule has 0 radical (unpaired) electrons. The van der Waals surface area contributed by atoms with Gasteiger partial charge >= 0.3 is 5.97 Å². The van der Waals surface area contributed by atoms with Gasteiger partial charge in [0.1, 0.15) is 11.5 Å². The standard InChI is InChI=1S/C18H22F2N4O2/c1-9-3-5-24(9)16-10-2-4-18(19,20)15(10)21-17(22-16)23-7-12-11(6-14(25)26)13(12)8-23/h9,11-13H,2-8H2,1H3,(H,25,26)/t9-,11-,12-,13+/m0/s1. The molecule has 5 rings (SSSR count). The molecule has 0 unspecified atom stereocenters. The Morgan fingerprint density at radius 3 is 2.62 bits per heavy atom. The van der Waals surface area contributed by atoms with Gasteiger partial charge in [-0.05, 0) is 37.5 Å². The van der Waals surface area contributed by atoms with E-state index in [-0.39, 0.29) is 24.5 Å². The largest absolute Gasteiger partial charge is 0.481 e. The fourth-order valence-electron chi connectivity index (χ4n) is 4.92. The molecular weight excluding hydrogens is 342 g/mol. The molecule has 2 aliphatic heterocycles. The summed E-state index contributed by atoms with van der Waals surface area (Å²) in [6.07, 6.45) is 1.38. The zero-order valence-corrected chi connectivity index (χ0v) is 14.7. The van der Waals surface area contributed by atoms with Crippen LogP contribution in [-0.4, -0.2) is 46.7 Å². The van der Waals surface area contributed by atoms with Gasteiger partial charge in [-0.2, -0.15) is 13.8 Å². The normalized spacial score (nSPS) is 33.7. The second-order valence-electron chi connectivity index (χ2n) is 8.20. The molecule has 4 atom stereocenters. The Morgan fingerprint density at radius 2 is 2.04 bits per heavy atom. The number of hydrogen-bond donors (Lipinski definition) is 1. The van der Waals surface area contributed by atoms with Crippen molar-refractivity contribution in [3.63, 3.8) is 0 Å². The molecule has 0 bridgehead atoms. The van der Waals surface area contributed by atoms with Gasteiger partial charge in [0.2, 0.25) is 5.95 Å². The zero-order valence-electron chi connectivity index (χ0n) is 14.7. The van der Waals surface area contributed by atoms with Gasteiger partial charge in [0.25, 0.3) is 5.92 Å². The third-order valence-electron chi connectivity index (χ3n) is 6.67. The van der Waals surface area contributed by atoms with Crippen molar-refractivity contribution in [2.75, 3.05) is 29.4 Å². The van der Waals surface area contributed by atoms with E-state index in [2.05, 4.69) is 16.8 Å². The maximum Gasteiger partial charge on any atom is 0.303 e. The van der Waals surface area contributed by atoms with E-state index < -0.39 is 11.9 Å². The zero-order chi connectivity index (χ0) is 18.2. The van der Waals surface area contributed by atoms with E-state index in [9.17, 15) is 13.6 Å². The number of nitrogens with zero attached hydrogens (tertiary/aromatic N) is 4. The third-order valence-corrected chi connectivity index (χ3v) is 6.67. The number of alkyl halides is 2. The van der Waals surface area contributed by atoms with E-state index in [1.54, 1.807) is 0 Å². The minimum absolute atomic E-state index is 0.0979. The number of hydrogen-bond acceptors (Lipinski definition) is 5. The Balaban J connectivity index is 1.44. The average molecular weight is 364 g/mol. The lowest BCUT2D eigenvalue weighted by molar-refractivity contribution is -0.137. The molecule has 0 amide bonds. The summed E-state index contributed by atoms with van der Waals surface area (Å²) >= 11 is 0. The first-order valence-electron chi connectivity index (χ1n) is 9.38. The van der Waals surface area contributed by atoms with Crippen LogP contribution in [0.3, 0.4) is 0 Å². The fraction of sp³-hybridized carbons (Fsp3) is 0.722. The minimum atomic E-state index is -2.88. The highest BCUT2D eigenvalue weighted by molar-refractivity contribution is 5.68. The smallest absolute Gasteiger partial charge is 0.303 e. The summed E-state index contributed by atoms with van der Waals surface area (Å²) in [5.74, 6) is -1.70. The Morgan fingerprint density at radius 1 is 1.31 bits per heavy atom. The SMILES string of the molecule is C[C@H]1CCN1c1nc(N2C[C@@H]3[C@@H](CC(=O)O)[C@@H]3C2)nc2c1CCC2(F)F. The summed E-state index contributed by atoms with van der Waals surface area (Å²) in [5.41, 5.74) is 0.512. The molecule has 2 saturated heterocycles. The fourth-order valence-corrected chi connectivity index (χ4v) is 4.92. The predicted octanol–water partition coefficient (Wildman–Crippen LogP) is 2.27. The molecule has 26 heavy (non-hydrogen) atoms. The maximum absolute atomic E-state index is 14.4. The van der Waals surface area contributed by atoms with Crippen LogP contribution in [0.4, 0.5) is 20.5 Å². The van der Waals surface area contributed by atoms with Crippen molar-refractivity contribution >= 4 is 17.7 Å². The van der Waals surface area contributed by atoms with E-state index in [0.717, 1.165) is 13.0 Å². The second kappa shape index (κ2) is 5.27. The molecule has 4 aliphatic rings. The van der Waals surface area contributed by atoms with Crippen LogP contribution in [0.1, 0.15) is 37.4 Å². The molecule has 1 saturated carbocycles. The van der Waals surface area contributed by atoms with Crippen LogP contribution >= 0.6 is 0 Å². The molecule has 3 fully saturated rings. The highest BCUT2D eigenvalue weighted by Crippen LogP contribution is 2.54. The molecule has 1 aromatic rings. The average Bonchev–Trinajstić information content (AvgIpc) is 2.93. The third kappa shape index (κ3) is 2.30.